The first kappa shape index (κ1) is 10.9. The Kier molecular flexibility index (Phi) is 4.26. The van der Waals surface area contributed by atoms with Crippen LogP contribution in [0.4, 0.5) is 5.69 Å². The van der Waals surface area contributed by atoms with Crippen molar-refractivity contribution in [2.45, 2.75) is 13.3 Å². The number of guanidine groups is 1. The molecule has 0 aliphatic carbocycles. The number of nitrogens with zero attached hydrogens (tertiary/aromatic N) is 1. The minimum atomic E-state index is 0.425. The van der Waals surface area contributed by atoms with Crippen molar-refractivity contribution >= 4 is 23.2 Å². The largest absolute Gasteiger partial charge is 0.370 e. The maximum absolute atomic E-state index is 5.81. The van der Waals surface area contributed by atoms with Gasteiger partial charge in [0.1, 0.15) is 0 Å². The molecule has 1 aromatic carbocycles. The van der Waals surface area contributed by atoms with Crippen molar-refractivity contribution < 1.29 is 0 Å². The summed E-state index contributed by atoms with van der Waals surface area (Å²) in [5.41, 5.74) is 6.49. The van der Waals surface area contributed by atoms with Crippen molar-refractivity contribution in [3.63, 3.8) is 0 Å². The topological polar surface area (TPSA) is 50.4 Å². The average molecular weight is 212 g/mol. The molecule has 0 heterocycles. The van der Waals surface area contributed by atoms with Crippen LogP contribution < -0.4 is 11.1 Å². The number of hydrogen-bond donors (Lipinski definition) is 2. The summed E-state index contributed by atoms with van der Waals surface area (Å²) in [6, 6.07) is 7.36. The predicted molar refractivity (Wildman–Crippen MR) is 61.9 cm³/mol. The maximum Gasteiger partial charge on any atom is 0.193 e. The summed E-state index contributed by atoms with van der Waals surface area (Å²) in [4.78, 5) is 4.11. The Bertz CT molecular complexity index is 323. The van der Waals surface area contributed by atoms with Crippen molar-refractivity contribution in [3.8, 4) is 0 Å². The summed E-state index contributed by atoms with van der Waals surface area (Å²) in [5.74, 6) is 0.425. The summed E-state index contributed by atoms with van der Waals surface area (Å²) < 4.78 is 0. The fourth-order valence-electron chi connectivity index (χ4n) is 0.986. The van der Waals surface area contributed by atoms with Gasteiger partial charge in [0.15, 0.2) is 5.96 Å². The molecule has 3 N–H and O–H groups in total. The zero-order valence-corrected chi connectivity index (χ0v) is 8.88. The third-order valence-electron chi connectivity index (χ3n) is 1.60. The lowest BCUT2D eigenvalue weighted by atomic mass is 10.3. The fourth-order valence-corrected chi connectivity index (χ4v) is 1.18. The summed E-state index contributed by atoms with van der Waals surface area (Å²) in [6.45, 7) is 2.79. The summed E-state index contributed by atoms with van der Waals surface area (Å²) >= 11 is 5.81. The van der Waals surface area contributed by atoms with E-state index in [1.807, 2.05) is 18.2 Å². The molecular weight excluding hydrogens is 198 g/mol. The molecule has 0 saturated carbocycles. The lowest BCUT2D eigenvalue weighted by molar-refractivity contribution is 0.929. The van der Waals surface area contributed by atoms with Gasteiger partial charge in [0.25, 0.3) is 0 Å². The third-order valence-corrected chi connectivity index (χ3v) is 1.84. The van der Waals surface area contributed by atoms with E-state index in [-0.39, 0.29) is 0 Å². The highest BCUT2D eigenvalue weighted by molar-refractivity contribution is 6.30. The summed E-state index contributed by atoms with van der Waals surface area (Å²) in [7, 11) is 0. The molecule has 14 heavy (non-hydrogen) atoms. The van der Waals surface area contributed by atoms with Crippen LogP contribution in [0.25, 0.3) is 0 Å². The average Bonchev–Trinajstić information content (AvgIpc) is 2.15. The predicted octanol–water partition coefficient (Wildman–Crippen LogP) is 2.48. The van der Waals surface area contributed by atoms with Gasteiger partial charge in [-0.05, 0) is 24.6 Å². The van der Waals surface area contributed by atoms with E-state index in [1.165, 1.54) is 0 Å². The molecule has 0 aliphatic rings. The van der Waals surface area contributed by atoms with Crippen LogP contribution in [0.5, 0.6) is 0 Å². The molecule has 76 valence electrons. The second-order valence-electron chi connectivity index (χ2n) is 2.90. The zero-order chi connectivity index (χ0) is 10.4. The van der Waals surface area contributed by atoms with Crippen LogP contribution in [-0.2, 0) is 0 Å². The number of hydrogen-bond acceptors (Lipinski definition) is 1. The van der Waals surface area contributed by atoms with Gasteiger partial charge in [-0.25, -0.2) is 0 Å². The van der Waals surface area contributed by atoms with E-state index in [4.69, 9.17) is 17.3 Å². The van der Waals surface area contributed by atoms with Crippen LogP contribution in [-0.4, -0.2) is 12.5 Å². The molecule has 0 fully saturated rings. The van der Waals surface area contributed by atoms with Crippen LogP contribution in [0.1, 0.15) is 13.3 Å². The number of anilines is 1. The molecule has 0 unspecified atom stereocenters. The van der Waals surface area contributed by atoms with Crippen LogP contribution in [0.15, 0.2) is 29.3 Å². The quantitative estimate of drug-likeness (QED) is 0.596. The van der Waals surface area contributed by atoms with Gasteiger partial charge in [-0.2, -0.15) is 0 Å². The van der Waals surface area contributed by atoms with Gasteiger partial charge in [-0.3, -0.25) is 4.99 Å². The highest BCUT2D eigenvalue weighted by Crippen LogP contribution is 2.14. The molecule has 0 aliphatic heterocycles. The summed E-state index contributed by atoms with van der Waals surface area (Å²) in [5, 5.41) is 3.64. The molecule has 1 rings (SSSR count). The monoisotopic (exact) mass is 211 g/mol. The Hall–Kier alpha value is -1.22. The number of benzene rings is 1. The Balaban J connectivity index is 2.60. The second kappa shape index (κ2) is 5.50. The minimum Gasteiger partial charge on any atom is -0.370 e. The Morgan fingerprint density at radius 2 is 2.36 bits per heavy atom. The van der Waals surface area contributed by atoms with Gasteiger partial charge < -0.3 is 11.1 Å². The van der Waals surface area contributed by atoms with E-state index in [2.05, 4.69) is 17.2 Å². The van der Waals surface area contributed by atoms with Gasteiger partial charge in [-0.1, -0.05) is 24.6 Å². The molecule has 3 nitrogen and oxygen atoms in total. The van der Waals surface area contributed by atoms with Crippen LogP contribution in [0.3, 0.4) is 0 Å². The zero-order valence-electron chi connectivity index (χ0n) is 8.13. The van der Waals surface area contributed by atoms with E-state index in [0.717, 1.165) is 18.7 Å². The van der Waals surface area contributed by atoms with E-state index >= 15 is 0 Å². The molecule has 0 saturated heterocycles. The molecule has 0 aromatic heterocycles. The van der Waals surface area contributed by atoms with E-state index in [0.29, 0.717) is 11.0 Å². The van der Waals surface area contributed by atoms with Crippen molar-refractivity contribution in [2.75, 3.05) is 11.9 Å². The van der Waals surface area contributed by atoms with Gasteiger partial charge >= 0.3 is 0 Å². The number of nitrogens with one attached hydrogen (secondary N) is 1. The van der Waals surface area contributed by atoms with Crippen molar-refractivity contribution in [1.82, 2.24) is 0 Å². The number of rotatable bonds is 3. The maximum atomic E-state index is 5.81. The third kappa shape index (κ3) is 3.66. The smallest absolute Gasteiger partial charge is 0.193 e. The number of nitrogens with two attached hydrogens (primary N) is 1. The van der Waals surface area contributed by atoms with Gasteiger partial charge in [0, 0.05) is 17.3 Å². The lowest BCUT2D eigenvalue weighted by Gasteiger charge is -2.05. The first-order valence-electron chi connectivity index (χ1n) is 4.55. The van der Waals surface area contributed by atoms with Gasteiger partial charge in [0.2, 0.25) is 0 Å². The highest BCUT2D eigenvalue weighted by Gasteiger charge is 1.94. The van der Waals surface area contributed by atoms with Crippen molar-refractivity contribution in [2.24, 2.45) is 10.7 Å². The Labute approximate surface area is 89.0 Å². The van der Waals surface area contributed by atoms with Gasteiger partial charge in [0.05, 0.1) is 0 Å². The first-order valence-corrected chi connectivity index (χ1v) is 4.92. The normalized spacial score (nSPS) is 11.4. The SMILES string of the molecule is CCCN=C(N)Nc1cccc(Cl)c1. The van der Waals surface area contributed by atoms with Crippen molar-refractivity contribution in [1.29, 1.82) is 0 Å². The van der Waals surface area contributed by atoms with Crippen molar-refractivity contribution in [3.05, 3.63) is 29.3 Å². The fraction of sp³-hybridized carbons (Fsp3) is 0.300. The van der Waals surface area contributed by atoms with Gasteiger partial charge in [-0.15, -0.1) is 0 Å². The molecule has 0 bridgehead atoms. The highest BCUT2D eigenvalue weighted by atomic mass is 35.5. The van der Waals surface area contributed by atoms with Crippen LogP contribution in [0.2, 0.25) is 5.02 Å². The molecule has 0 spiro atoms. The Morgan fingerprint density at radius 3 is 3.00 bits per heavy atom. The standard InChI is InChI=1S/C10H14ClN3/c1-2-6-13-10(12)14-9-5-3-4-8(11)7-9/h3-5,7H,2,6H2,1H3,(H3,12,13,14). The minimum absolute atomic E-state index is 0.425. The first-order chi connectivity index (χ1) is 6.72. The molecule has 1 aromatic rings. The molecule has 0 atom stereocenters. The molecular formula is C10H14ClN3. The van der Waals surface area contributed by atoms with E-state index in [9.17, 15) is 0 Å². The Morgan fingerprint density at radius 1 is 1.57 bits per heavy atom. The lowest BCUT2D eigenvalue weighted by Crippen LogP contribution is -2.22. The number of aliphatic imine (C=N–C) groups is 1. The van der Waals surface area contributed by atoms with E-state index in [1.54, 1.807) is 6.07 Å². The molecule has 4 heteroatoms. The van der Waals surface area contributed by atoms with Crippen LogP contribution in [0, 0.1) is 0 Å². The number of halogens is 1. The molecule has 0 radical (unpaired) electrons. The summed E-state index contributed by atoms with van der Waals surface area (Å²) in [6.07, 6.45) is 0.984. The molecule has 0 amide bonds. The van der Waals surface area contributed by atoms with E-state index < -0.39 is 0 Å². The van der Waals surface area contributed by atoms with Crippen LogP contribution >= 0.6 is 11.6 Å². The second-order valence-corrected chi connectivity index (χ2v) is 3.34.